The minimum absolute atomic E-state index is 0.148. The van der Waals surface area contributed by atoms with E-state index in [1.807, 2.05) is 25.9 Å². The van der Waals surface area contributed by atoms with Crippen LogP contribution in [0.15, 0.2) is 0 Å². The Labute approximate surface area is 160 Å². The van der Waals surface area contributed by atoms with Crippen LogP contribution in [0.3, 0.4) is 0 Å². The van der Waals surface area contributed by atoms with Crippen molar-refractivity contribution in [1.29, 1.82) is 0 Å². The third kappa shape index (κ3) is 9.02. The molecule has 0 aliphatic heterocycles. The van der Waals surface area contributed by atoms with E-state index >= 15 is 0 Å². The molecule has 1 fully saturated rings. The third-order valence-electron chi connectivity index (χ3n) is 5.40. The molecule has 1 aliphatic carbocycles. The number of amides is 1. The van der Waals surface area contributed by atoms with Crippen molar-refractivity contribution in [2.45, 2.75) is 71.6 Å². The van der Waals surface area contributed by atoms with Gasteiger partial charge >= 0.3 is 5.97 Å². The van der Waals surface area contributed by atoms with Crippen LogP contribution in [0.1, 0.15) is 71.6 Å². The van der Waals surface area contributed by atoms with Gasteiger partial charge in [-0.2, -0.15) is 0 Å². The van der Waals surface area contributed by atoms with Gasteiger partial charge in [0.15, 0.2) is 0 Å². The molecule has 5 heteroatoms. The molecule has 0 aromatic carbocycles. The van der Waals surface area contributed by atoms with Crippen molar-refractivity contribution in [1.82, 2.24) is 9.80 Å². The maximum absolute atomic E-state index is 13.0. The quantitative estimate of drug-likeness (QED) is 0.493. The Morgan fingerprint density at radius 3 is 2.23 bits per heavy atom. The molecule has 1 saturated carbocycles. The average molecular weight is 369 g/mol. The van der Waals surface area contributed by atoms with Gasteiger partial charge in [0.2, 0.25) is 5.91 Å². The standard InChI is InChI=1S/C21H40N2O3/c1-5-7-9-18-10-12-19(13-11-18)21(25)23(16-8-15-22(3)4)17-14-20(24)26-6-2/h18-19H,5-17H2,1-4H3. The molecule has 5 nitrogen and oxygen atoms in total. The van der Waals surface area contributed by atoms with Crippen molar-refractivity contribution in [3.63, 3.8) is 0 Å². The molecule has 152 valence electrons. The minimum atomic E-state index is -0.207. The summed E-state index contributed by atoms with van der Waals surface area (Å²) in [5.74, 6) is 0.998. The van der Waals surface area contributed by atoms with Crippen molar-refractivity contribution in [3.05, 3.63) is 0 Å². The molecule has 1 rings (SSSR count). The molecule has 0 atom stereocenters. The lowest BCUT2D eigenvalue weighted by Gasteiger charge is -2.32. The monoisotopic (exact) mass is 368 g/mol. The van der Waals surface area contributed by atoms with Gasteiger partial charge in [0, 0.05) is 19.0 Å². The van der Waals surface area contributed by atoms with Crippen LogP contribution in [-0.2, 0) is 14.3 Å². The molecule has 0 saturated heterocycles. The van der Waals surface area contributed by atoms with Crippen molar-refractivity contribution >= 4 is 11.9 Å². The summed E-state index contributed by atoms with van der Waals surface area (Å²) < 4.78 is 5.03. The van der Waals surface area contributed by atoms with E-state index in [2.05, 4.69) is 11.8 Å². The summed E-state index contributed by atoms with van der Waals surface area (Å²) in [6, 6.07) is 0. The van der Waals surface area contributed by atoms with Crippen molar-refractivity contribution < 1.29 is 14.3 Å². The SMILES string of the molecule is CCCCC1CCC(C(=O)N(CCCN(C)C)CCC(=O)OCC)CC1. The van der Waals surface area contributed by atoms with Crippen LogP contribution in [0.5, 0.6) is 0 Å². The predicted octanol–water partition coefficient (Wildman–Crippen LogP) is 3.72. The largest absolute Gasteiger partial charge is 0.466 e. The van der Waals surface area contributed by atoms with Crippen LogP contribution in [0.4, 0.5) is 0 Å². The maximum atomic E-state index is 13.0. The summed E-state index contributed by atoms with van der Waals surface area (Å²) in [4.78, 5) is 28.8. The predicted molar refractivity (Wildman–Crippen MR) is 106 cm³/mol. The number of carbonyl (C=O) groups is 2. The summed E-state index contributed by atoms with van der Waals surface area (Å²) >= 11 is 0. The fourth-order valence-corrected chi connectivity index (χ4v) is 3.82. The average Bonchev–Trinajstić information content (AvgIpc) is 2.62. The van der Waals surface area contributed by atoms with Gasteiger partial charge in [-0.15, -0.1) is 0 Å². The molecule has 0 N–H and O–H groups in total. The Balaban J connectivity index is 2.52. The Morgan fingerprint density at radius 1 is 0.962 bits per heavy atom. The van der Waals surface area contributed by atoms with Crippen LogP contribution in [-0.4, -0.2) is 62.0 Å². The molecule has 0 aromatic heterocycles. The molecule has 0 spiro atoms. The summed E-state index contributed by atoms with van der Waals surface area (Å²) in [7, 11) is 4.09. The molecule has 1 aliphatic rings. The van der Waals surface area contributed by atoms with Gasteiger partial charge in [-0.25, -0.2) is 0 Å². The second kappa shape index (κ2) is 13.1. The number of carbonyl (C=O) groups excluding carboxylic acids is 2. The molecule has 0 bridgehead atoms. The minimum Gasteiger partial charge on any atom is -0.466 e. The summed E-state index contributed by atoms with van der Waals surface area (Å²) in [5.41, 5.74) is 0. The lowest BCUT2D eigenvalue weighted by molar-refractivity contribution is -0.144. The van der Waals surface area contributed by atoms with Crippen LogP contribution in [0.2, 0.25) is 0 Å². The van der Waals surface area contributed by atoms with E-state index in [0.29, 0.717) is 19.6 Å². The van der Waals surface area contributed by atoms with Gasteiger partial charge in [-0.3, -0.25) is 9.59 Å². The van der Waals surface area contributed by atoms with Crippen LogP contribution >= 0.6 is 0 Å². The maximum Gasteiger partial charge on any atom is 0.307 e. The van der Waals surface area contributed by atoms with Crippen molar-refractivity contribution in [2.24, 2.45) is 11.8 Å². The first kappa shape index (κ1) is 22.9. The number of rotatable bonds is 12. The molecule has 0 unspecified atom stereocenters. The second-order valence-electron chi connectivity index (χ2n) is 7.90. The Bertz CT molecular complexity index is 404. The van der Waals surface area contributed by atoms with Crippen molar-refractivity contribution in [3.8, 4) is 0 Å². The number of esters is 1. The fraction of sp³-hybridized carbons (Fsp3) is 0.905. The van der Waals surface area contributed by atoms with E-state index in [9.17, 15) is 9.59 Å². The zero-order valence-corrected chi connectivity index (χ0v) is 17.5. The van der Waals surface area contributed by atoms with E-state index in [1.165, 1.54) is 32.1 Å². The Morgan fingerprint density at radius 2 is 1.65 bits per heavy atom. The Kier molecular flexibility index (Phi) is 11.6. The highest BCUT2D eigenvalue weighted by atomic mass is 16.5. The normalized spacial score (nSPS) is 20.2. The van der Waals surface area contributed by atoms with Gasteiger partial charge in [-0.1, -0.05) is 26.2 Å². The topological polar surface area (TPSA) is 49.9 Å². The molecule has 26 heavy (non-hydrogen) atoms. The first-order valence-corrected chi connectivity index (χ1v) is 10.6. The highest BCUT2D eigenvalue weighted by Crippen LogP contribution is 2.33. The van der Waals surface area contributed by atoms with Crippen LogP contribution in [0, 0.1) is 11.8 Å². The van der Waals surface area contributed by atoms with E-state index in [1.54, 1.807) is 0 Å². The van der Waals surface area contributed by atoms with Crippen molar-refractivity contribution in [2.75, 3.05) is 40.3 Å². The van der Waals surface area contributed by atoms with E-state index in [0.717, 1.165) is 38.3 Å². The first-order chi connectivity index (χ1) is 12.5. The van der Waals surface area contributed by atoms with Crippen LogP contribution in [0.25, 0.3) is 0 Å². The lowest BCUT2D eigenvalue weighted by Crippen LogP contribution is -2.40. The number of ether oxygens (including phenoxy) is 1. The fourth-order valence-electron chi connectivity index (χ4n) is 3.82. The highest BCUT2D eigenvalue weighted by molar-refractivity contribution is 5.79. The first-order valence-electron chi connectivity index (χ1n) is 10.6. The van der Waals surface area contributed by atoms with Gasteiger partial charge in [0.25, 0.3) is 0 Å². The van der Waals surface area contributed by atoms with E-state index < -0.39 is 0 Å². The summed E-state index contributed by atoms with van der Waals surface area (Å²) in [5, 5.41) is 0. The number of nitrogens with zero attached hydrogens (tertiary/aromatic N) is 2. The molecular formula is C21H40N2O3. The molecule has 1 amide bonds. The molecular weight excluding hydrogens is 328 g/mol. The van der Waals surface area contributed by atoms with E-state index in [-0.39, 0.29) is 17.8 Å². The lowest BCUT2D eigenvalue weighted by atomic mass is 9.79. The molecule has 0 heterocycles. The van der Waals surface area contributed by atoms with Crippen LogP contribution < -0.4 is 0 Å². The van der Waals surface area contributed by atoms with Gasteiger partial charge in [0.1, 0.15) is 0 Å². The smallest absolute Gasteiger partial charge is 0.307 e. The highest BCUT2D eigenvalue weighted by Gasteiger charge is 2.29. The number of hydrogen-bond acceptors (Lipinski definition) is 4. The molecule has 0 radical (unpaired) electrons. The summed E-state index contributed by atoms with van der Waals surface area (Å²) in [6.45, 7) is 6.62. The van der Waals surface area contributed by atoms with Gasteiger partial charge < -0.3 is 14.5 Å². The summed E-state index contributed by atoms with van der Waals surface area (Å²) in [6.07, 6.45) is 9.49. The third-order valence-corrected chi connectivity index (χ3v) is 5.40. The van der Waals surface area contributed by atoms with Gasteiger partial charge in [0.05, 0.1) is 13.0 Å². The zero-order chi connectivity index (χ0) is 19.4. The van der Waals surface area contributed by atoms with Gasteiger partial charge in [-0.05, 0) is 65.6 Å². The second-order valence-corrected chi connectivity index (χ2v) is 7.90. The number of hydrogen-bond donors (Lipinski definition) is 0. The Hall–Kier alpha value is -1.10. The number of unbranched alkanes of at least 4 members (excludes halogenated alkanes) is 1. The molecule has 0 aromatic rings. The van der Waals surface area contributed by atoms with E-state index in [4.69, 9.17) is 4.74 Å². The zero-order valence-electron chi connectivity index (χ0n) is 17.5.